The summed E-state index contributed by atoms with van der Waals surface area (Å²) >= 11 is 0. The van der Waals surface area contributed by atoms with Crippen LogP contribution in [0.5, 0.6) is 0 Å². The molecule has 0 bridgehead atoms. The van der Waals surface area contributed by atoms with Gasteiger partial charge in [-0.15, -0.1) is 0 Å². The summed E-state index contributed by atoms with van der Waals surface area (Å²) < 4.78 is 5.35. The molecule has 1 aromatic rings. The third-order valence-corrected chi connectivity index (χ3v) is 3.04. The Morgan fingerprint density at radius 3 is 2.94 bits per heavy atom. The van der Waals surface area contributed by atoms with E-state index in [-0.39, 0.29) is 12.5 Å². The van der Waals surface area contributed by atoms with E-state index in [1.54, 1.807) is 4.90 Å². The predicted molar refractivity (Wildman–Crippen MR) is 67.1 cm³/mol. The number of carbonyl (C=O) groups is 1. The number of aryl methyl sites for hydroxylation is 2. The average Bonchev–Trinajstić information content (AvgIpc) is 2.33. The number of nitrogens with zero attached hydrogens (tertiary/aromatic N) is 1. The SMILES string of the molecule is Cc1ccc(C)c(N2CCOC(CN)C2=O)c1. The van der Waals surface area contributed by atoms with Crippen LogP contribution in [-0.4, -0.2) is 31.7 Å². The molecule has 1 fully saturated rings. The molecule has 0 spiro atoms. The molecule has 1 saturated heterocycles. The Balaban J connectivity index is 2.32. The smallest absolute Gasteiger partial charge is 0.257 e. The van der Waals surface area contributed by atoms with E-state index < -0.39 is 6.10 Å². The Hall–Kier alpha value is -1.39. The highest BCUT2D eigenvalue weighted by molar-refractivity contribution is 5.98. The van der Waals surface area contributed by atoms with Gasteiger partial charge in [-0.2, -0.15) is 0 Å². The minimum atomic E-state index is -0.497. The van der Waals surface area contributed by atoms with Crippen molar-refractivity contribution in [3.8, 4) is 0 Å². The van der Waals surface area contributed by atoms with Gasteiger partial charge in [0.2, 0.25) is 0 Å². The first kappa shape index (κ1) is 12.1. The van der Waals surface area contributed by atoms with Crippen molar-refractivity contribution in [1.82, 2.24) is 0 Å². The average molecular weight is 234 g/mol. The van der Waals surface area contributed by atoms with Crippen molar-refractivity contribution < 1.29 is 9.53 Å². The van der Waals surface area contributed by atoms with Gasteiger partial charge in [-0.1, -0.05) is 12.1 Å². The van der Waals surface area contributed by atoms with Crippen molar-refractivity contribution >= 4 is 11.6 Å². The number of anilines is 1. The maximum atomic E-state index is 12.1. The van der Waals surface area contributed by atoms with E-state index in [1.165, 1.54) is 0 Å². The molecule has 0 aliphatic carbocycles. The van der Waals surface area contributed by atoms with Crippen LogP contribution in [0.2, 0.25) is 0 Å². The number of morpholine rings is 1. The highest BCUT2D eigenvalue weighted by atomic mass is 16.5. The fourth-order valence-corrected chi connectivity index (χ4v) is 2.06. The van der Waals surface area contributed by atoms with Gasteiger partial charge in [0.15, 0.2) is 0 Å². The van der Waals surface area contributed by atoms with E-state index in [0.717, 1.165) is 16.8 Å². The highest BCUT2D eigenvalue weighted by Gasteiger charge is 2.30. The molecule has 1 aliphatic rings. The lowest BCUT2D eigenvalue weighted by molar-refractivity contribution is -0.133. The topological polar surface area (TPSA) is 55.6 Å². The zero-order chi connectivity index (χ0) is 12.4. The Kier molecular flexibility index (Phi) is 3.45. The molecule has 1 unspecified atom stereocenters. The van der Waals surface area contributed by atoms with Crippen LogP contribution in [0.3, 0.4) is 0 Å². The van der Waals surface area contributed by atoms with E-state index in [0.29, 0.717) is 13.2 Å². The van der Waals surface area contributed by atoms with Crippen molar-refractivity contribution in [3.05, 3.63) is 29.3 Å². The van der Waals surface area contributed by atoms with Crippen molar-refractivity contribution in [2.75, 3.05) is 24.6 Å². The molecule has 4 nitrogen and oxygen atoms in total. The second-order valence-corrected chi connectivity index (χ2v) is 4.37. The zero-order valence-electron chi connectivity index (χ0n) is 10.3. The number of benzene rings is 1. The predicted octanol–water partition coefficient (Wildman–Crippen LogP) is 0.994. The fraction of sp³-hybridized carbons (Fsp3) is 0.462. The molecule has 1 heterocycles. The molecule has 1 amide bonds. The Morgan fingerprint density at radius 2 is 2.24 bits per heavy atom. The Morgan fingerprint density at radius 1 is 1.47 bits per heavy atom. The molecule has 1 atom stereocenters. The molecular formula is C13H18N2O2. The number of carbonyl (C=O) groups excluding carboxylic acids is 1. The largest absolute Gasteiger partial charge is 0.365 e. The first-order valence-electron chi connectivity index (χ1n) is 5.84. The summed E-state index contributed by atoms with van der Waals surface area (Å²) in [7, 11) is 0. The van der Waals surface area contributed by atoms with Gasteiger partial charge in [0.25, 0.3) is 5.91 Å². The molecular weight excluding hydrogens is 216 g/mol. The number of amides is 1. The minimum absolute atomic E-state index is 0.0348. The summed E-state index contributed by atoms with van der Waals surface area (Å²) in [5, 5.41) is 0. The third kappa shape index (κ3) is 2.33. The van der Waals surface area contributed by atoms with Crippen molar-refractivity contribution in [2.24, 2.45) is 5.73 Å². The highest BCUT2D eigenvalue weighted by Crippen LogP contribution is 2.24. The first-order valence-corrected chi connectivity index (χ1v) is 5.84. The van der Waals surface area contributed by atoms with Crippen molar-refractivity contribution in [2.45, 2.75) is 20.0 Å². The summed E-state index contributed by atoms with van der Waals surface area (Å²) in [6.07, 6.45) is -0.497. The number of hydrogen-bond donors (Lipinski definition) is 1. The quantitative estimate of drug-likeness (QED) is 0.830. The van der Waals surface area contributed by atoms with E-state index in [9.17, 15) is 4.79 Å². The van der Waals surface area contributed by atoms with Crippen LogP contribution in [0, 0.1) is 13.8 Å². The van der Waals surface area contributed by atoms with Crippen LogP contribution in [0.15, 0.2) is 18.2 Å². The van der Waals surface area contributed by atoms with Gasteiger partial charge in [0.1, 0.15) is 6.10 Å². The van der Waals surface area contributed by atoms with E-state index in [4.69, 9.17) is 10.5 Å². The van der Waals surface area contributed by atoms with Gasteiger partial charge in [-0.05, 0) is 31.0 Å². The minimum Gasteiger partial charge on any atom is -0.365 e. The molecule has 2 N–H and O–H groups in total. The summed E-state index contributed by atoms with van der Waals surface area (Å²) in [6, 6.07) is 6.11. The standard InChI is InChI=1S/C13H18N2O2/c1-9-3-4-10(2)11(7-9)15-5-6-17-12(8-14)13(15)16/h3-4,7,12H,5-6,8,14H2,1-2H3. The van der Waals surface area contributed by atoms with Crippen LogP contribution in [0.25, 0.3) is 0 Å². The summed E-state index contributed by atoms with van der Waals surface area (Å²) in [5.41, 5.74) is 8.74. The summed E-state index contributed by atoms with van der Waals surface area (Å²) in [5.74, 6) is -0.0348. The third-order valence-electron chi connectivity index (χ3n) is 3.04. The molecule has 1 aromatic carbocycles. The first-order chi connectivity index (χ1) is 8.13. The monoisotopic (exact) mass is 234 g/mol. The van der Waals surface area contributed by atoms with E-state index in [1.807, 2.05) is 32.0 Å². The second kappa shape index (κ2) is 4.85. The van der Waals surface area contributed by atoms with Gasteiger partial charge < -0.3 is 15.4 Å². The van der Waals surface area contributed by atoms with Crippen LogP contribution < -0.4 is 10.6 Å². The Labute approximate surface area is 101 Å². The molecule has 2 rings (SSSR count). The number of hydrogen-bond acceptors (Lipinski definition) is 3. The lowest BCUT2D eigenvalue weighted by Gasteiger charge is -2.33. The van der Waals surface area contributed by atoms with E-state index in [2.05, 4.69) is 0 Å². The van der Waals surface area contributed by atoms with Crippen LogP contribution in [0.4, 0.5) is 5.69 Å². The fourth-order valence-electron chi connectivity index (χ4n) is 2.06. The van der Waals surface area contributed by atoms with Crippen molar-refractivity contribution in [3.63, 3.8) is 0 Å². The van der Waals surface area contributed by atoms with Crippen LogP contribution in [-0.2, 0) is 9.53 Å². The summed E-state index contributed by atoms with van der Waals surface area (Å²) in [4.78, 5) is 13.9. The molecule has 4 heteroatoms. The number of rotatable bonds is 2. The second-order valence-electron chi connectivity index (χ2n) is 4.37. The van der Waals surface area contributed by atoms with Crippen LogP contribution in [0.1, 0.15) is 11.1 Å². The summed E-state index contributed by atoms with van der Waals surface area (Å²) in [6.45, 7) is 5.41. The van der Waals surface area contributed by atoms with Gasteiger partial charge in [-0.25, -0.2) is 0 Å². The van der Waals surface area contributed by atoms with Crippen LogP contribution >= 0.6 is 0 Å². The lowest BCUT2D eigenvalue weighted by Crippen LogP contribution is -2.51. The molecule has 17 heavy (non-hydrogen) atoms. The molecule has 0 saturated carbocycles. The number of ether oxygens (including phenoxy) is 1. The van der Waals surface area contributed by atoms with Gasteiger partial charge >= 0.3 is 0 Å². The maximum Gasteiger partial charge on any atom is 0.257 e. The van der Waals surface area contributed by atoms with Gasteiger partial charge in [0, 0.05) is 18.8 Å². The maximum absolute atomic E-state index is 12.1. The normalized spacial score (nSPS) is 20.8. The lowest BCUT2D eigenvalue weighted by atomic mass is 10.1. The van der Waals surface area contributed by atoms with E-state index >= 15 is 0 Å². The zero-order valence-corrected chi connectivity index (χ0v) is 10.3. The van der Waals surface area contributed by atoms with Gasteiger partial charge in [0.05, 0.1) is 6.61 Å². The number of nitrogens with two attached hydrogens (primary N) is 1. The molecule has 0 aromatic heterocycles. The molecule has 0 radical (unpaired) electrons. The van der Waals surface area contributed by atoms with Crippen molar-refractivity contribution in [1.29, 1.82) is 0 Å². The van der Waals surface area contributed by atoms with Gasteiger partial charge in [-0.3, -0.25) is 4.79 Å². The molecule has 1 aliphatic heterocycles. The Bertz CT molecular complexity index is 431. The molecule has 92 valence electrons.